The van der Waals surface area contributed by atoms with Crippen LogP contribution in [0.2, 0.25) is 0 Å². The highest BCUT2D eigenvalue weighted by Crippen LogP contribution is 2.24. The van der Waals surface area contributed by atoms with Gasteiger partial charge in [-0.25, -0.2) is 0 Å². The van der Waals surface area contributed by atoms with Gasteiger partial charge in [-0.3, -0.25) is 4.79 Å². The molecule has 0 radical (unpaired) electrons. The largest absolute Gasteiger partial charge is 0.308 e. The highest BCUT2D eigenvalue weighted by atomic mass is 16.1. The van der Waals surface area contributed by atoms with Crippen LogP contribution < -0.4 is 5.56 Å². The molecular weight excluding hydrogens is 272 g/mol. The van der Waals surface area contributed by atoms with E-state index in [0.29, 0.717) is 12.1 Å². The molecular formula is C19H22N2O. The second-order valence-electron chi connectivity index (χ2n) is 5.71. The van der Waals surface area contributed by atoms with Gasteiger partial charge in [0.15, 0.2) is 0 Å². The van der Waals surface area contributed by atoms with Gasteiger partial charge in [0.2, 0.25) is 0 Å². The monoisotopic (exact) mass is 294 g/mol. The smallest absolute Gasteiger partial charge is 0.255 e. The number of hydrogen-bond donors (Lipinski definition) is 0. The summed E-state index contributed by atoms with van der Waals surface area (Å²) < 4.78 is 1.83. The summed E-state index contributed by atoms with van der Waals surface area (Å²) in [5.41, 5.74) is 4.95. The number of benzene rings is 1. The number of nitriles is 1. The molecule has 3 heteroatoms. The molecule has 0 atom stereocenters. The maximum Gasteiger partial charge on any atom is 0.255 e. The molecule has 1 aromatic heterocycles. The number of nitrogens with zero attached hydrogens (tertiary/aromatic N) is 2. The molecule has 22 heavy (non-hydrogen) atoms. The van der Waals surface area contributed by atoms with Crippen LogP contribution in [0.3, 0.4) is 0 Å². The van der Waals surface area contributed by atoms with E-state index in [1.165, 1.54) is 5.56 Å². The van der Waals surface area contributed by atoms with Crippen LogP contribution in [-0.4, -0.2) is 4.57 Å². The fraction of sp³-hybridized carbons (Fsp3) is 0.368. The molecule has 0 unspecified atom stereocenters. The molecule has 0 fully saturated rings. The third kappa shape index (κ3) is 3.28. The molecule has 0 aliphatic heterocycles. The molecule has 0 aliphatic carbocycles. The molecule has 1 heterocycles. The number of unbranched alkanes of at least 4 members (excludes halogenated alkanes) is 1. The van der Waals surface area contributed by atoms with E-state index in [4.69, 9.17) is 5.26 Å². The molecule has 0 bridgehead atoms. The topological polar surface area (TPSA) is 45.8 Å². The van der Waals surface area contributed by atoms with Crippen molar-refractivity contribution >= 4 is 0 Å². The molecule has 0 amide bonds. The summed E-state index contributed by atoms with van der Waals surface area (Å²) >= 11 is 0. The molecule has 2 aromatic rings. The van der Waals surface area contributed by atoms with Gasteiger partial charge in [-0.15, -0.1) is 0 Å². The van der Waals surface area contributed by atoms with Gasteiger partial charge >= 0.3 is 0 Å². The predicted octanol–water partition coefficient (Wildman–Crippen LogP) is 4.00. The summed E-state index contributed by atoms with van der Waals surface area (Å²) in [7, 11) is 0. The second-order valence-corrected chi connectivity index (χ2v) is 5.71. The van der Waals surface area contributed by atoms with Crippen molar-refractivity contribution < 1.29 is 0 Å². The molecule has 0 saturated carbocycles. The van der Waals surface area contributed by atoms with Gasteiger partial charge in [0.25, 0.3) is 5.56 Å². The van der Waals surface area contributed by atoms with Gasteiger partial charge in [0, 0.05) is 17.7 Å². The van der Waals surface area contributed by atoms with Crippen molar-refractivity contribution in [3.8, 4) is 17.3 Å². The SMILES string of the molecule is CCCCn1c(-c2ccc(C)cc2C)ccc(CC#N)c1=O. The fourth-order valence-corrected chi connectivity index (χ4v) is 2.72. The highest BCUT2D eigenvalue weighted by Gasteiger charge is 2.12. The number of aryl methyl sites for hydroxylation is 2. The first kappa shape index (κ1) is 16.0. The molecule has 1 aromatic carbocycles. The van der Waals surface area contributed by atoms with Crippen LogP contribution in [0.25, 0.3) is 11.3 Å². The van der Waals surface area contributed by atoms with E-state index < -0.39 is 0 Å². The number of rotatable bonds is 5. The van der Waals surface area contributed by atoms with Crippen molar-refractivity contribution in [1.29, 1.82) is 5.26 Å². The van der Waals surface area contributed by atoms with Gasteiger partial charge in [-0.2, -0.15) is 5.26 Å². The highest BCUT2D eigenvalue weighted by molar-refractivity contribution is 5.64. The minimum absolute atomic E-state index is 0.0347. The van der Waals surface area contributed by atoms with Crippen LogP contribution in [0.15, 0.2) is 35.1 Å². The van der Waals surface area contributed by atoms with Gasteiger partial charge in [0.05, 0.1) is 18.2 Å². The van der Waals surface area contributed by atoms with Gasteiger partial charge in [-0.05, 0) is 31.9 Å². The van der Waals surface area contributed by atoms with Crippen molar-refractivity contribution in [2.75, 3.05) is 0 Å². The maximum absolute atomic E-state index is 12.6. The maximum atomic E-state index is 12.6. The van der Waals surface area contributed by atoms with Crippen molar-refractivity contribution in [2.45, 2.75) is 46.6 Å². The Labute approximate surface area is 131 Å². The van der Waals surface area contributed by atoms with E-state index in [1.807, 2.05) is 10.6 Å². The minimum Gasteiger partial charge on any atom is -0.308 e. The van der Waals surface area contributed by atoms with Crippen LogP contribution >= 0.6 is 0 Å². The lowest BCUT2D eigenvalue weighted by Crippen LogP contribution is -2.25. The van der Waals surface area contributed by atoms with Crippen LogP contribution in [-0.2, 0) is 13.0 Å². The van der Waals surface area contributed by atoms with Crippen molar-refractivity contribution in [3.63, 3.8) is 0 Å². The predicted molar refractivity (Wildman–Crippen MR) is 89.8 cm³/mol. The number of hydrogen-bond acceptors (Lipinski definition) is 2. The first-order chi connectivity index (χ1) is 10.6. The van der Waals surface area contributed by atoms with Crippen LogP contribution in [0.1, 0.15) is 36.5 Å². The van der Waals surface area contributed by atoms with Gasteiger partial charge in [-0.1, -0.05) is 43.2 Å². The van der Waals surface area contributed by atoms with Crippen molar-refractivity contribution in [2.24, 2.45) is 0 Å². The van der Waals surface area contributed by atoms with Crippen molar-refractivity contribution in [1.82, 2.24) is 4.57 Å². The fourth-order valence-electron chi connectivity index (χ4n) is 2.72. The van der Waals surface area contributed by atoms with E-state index in [0.717, 1.165) is 29.7 Å². The summed E-state index contributed by atoms with van der Waals surface area (Å²) in [4.78, 5) is 12.6. The van der Waals surface area contributed by atoms with Crippen LogP contribution in [0.4, 0.5) is 0 Å². The molecule has 2 rings (SSSR count). The average Bonchev–Trinajstić information content (AvgIpc) is 2.49. The lowest BCUT2D eigenvalue weighted by molar-refractivity contribution is 0.615. The Balaban J connectivity index is 2.62. The summed E-state index contributed by atoms with van der Waals surface area (Å²) in [5, 5.41) is 8.87. The van der Waals surface area contributed by atoms with E-state index in [1.54, 1.807) is 6.07 Å². The zero-order valence-corrected chi connectivity index (χ0v) is 13.5. The molecule has 0 N–H and O–H groups in total. The lowest BCUT2D eigenvalue weighted by Gasteiger charge is -2.16. The van der Waals surface area contributed by atoms with Gasteiger partial charge < -0.3 is 4.57 Å². The van der Waals surface area contributed by atoms with E-state index in [-0.39, 0.29) is 12.0 Å². The van der Waals surface area contributed by atoms with E-state index in [2.05, 4.69) is 45.0 Å². The number of pyridine rings is 1. The summed E-state index contributed by atoms with van der Waals surface area (Å²) in [5.74, 6) is 0. The van der Waals surface area contributed by atoms with Crippen LogP contribution in [0, 0.1) is 25.2 Å². The standard InChI is InChI=1S/C19H22N2O/c1-4-5-12-21-18(9-7-16(10-11-20)19(21)22)17-8-6-14(2)13-15(17)3/h6-9,13H,4-5,10,12H2,1-3H3. The van der Waals surface area contributed by atoms with Gasteiger partial charge in [0.1, 0.15) is 0 Å². The third-order valence-electron chi connectivity index (χ3n) is 3.92. The Morgan fingerprint density at radius 3 is 2.59 bits per heavy atom. The third-order valence-corrected chi connectivity index (χ3v) is 3.92. The zero-order chi connectivity index (χ0) is 16.1. The molecule has 114 valence electrons. The first-order valence-electron chi connectivity index (χ1n) is 7.75. The Bertz CT molecular complexity index is 766. The molecule has 3 nitrogen and oxygen atoms in total. The first-order valence-corrected chi connectivity index (χ1v) is 7.75. The second kappa shape index (κ2) is 7.09. The average molecular weight is 294 g/mol. The Kier molecular flexibility index (Phi) is 5.16. The molecule has 0 saturated heterocycles. The summed E-state index contributed by atoms with van der Waals surface area (Å²) in [6.45, 7) is 6.94. The van der Waals surface area contributed by atoms with E-state index in [9.17, 15) is 4.79 Å². The molecule has 0 aliphatic rings. The molecule has 0 spiro atoms. The number of aromatic nitrogens is 1. The Morgan fingerprint density at radius 1 is 1.18 bits per heavy atom. The zero-order valence-electron chi connectivity index (χ0n) is 13.5. The lowest BCUT2D eigenvalue weighted by atomic mass is 10.0. The van der Waals surface area contributed by atoms with E-state index >= 15 is 0 Å². The van der Waals surface area contributed by atoms with Crippen LogP contribution in [0.5, 0.6) is 0 Å². The Morgan fingerprint density at radius 2 is 1.95 bits per heavy atom. The Hall–Kier alpha value is -2.34. The summed E-state index contributed by atoms with van der Waals surface area (Å²) in [6, 6.07) is 12.1. The quantitative estimate of drug-likeness (QED) is 0.836. The minimum atomic E-state index is -0.0347. The normalized spacial score (nSPS) is 10.5. The summed E-state index contributed by atoms with van der Waals surface area (Å²) in [6.07, 6.45) is 2.15. The van der Waals surface area contributed by atoms with Crippen molar-refractivity contribution in [3.05, 3.63) is 57.4 Å².